The lowest BCUT2D eigenvalue weighted by Crippen LogP contribution is -1.87. The van der Waals surface area contributed by atoms with Crippen molar-refractivity contribution >= 4 is 35.3 Å². The molecule has 1 aromatic rings. The first-order valence-corrected chi connectivity index (χ1v) is 7.67. The quantitative estimate of drug-likeness (QED) is 0.582. The number of benzene rings is 1. The molecule has 3 heteroatoms. The van der Waals surface area contributed by atoms with Crippen LogP contribution in [0.15, 0.2) is 26.8 Å². The maximum absolute atomic E-state index is 7.32. The molecule has 1 radical (unpaired) electrons. The van der Waals surface area contributed by atoms with Crippen molar-refractivity contribution < 1.29 is 0 Å². The van der Waals surface area contributed by atoms with E-state index in [4.69, 9.17) is 6.42 Å². The predicted molar refractivity (Wildman–Crippen MR) is 68.0 cm³/mol. The van der Waals surface area contributed by atoms with Gasteiger partial charge in [0.05, 0.1) is 5.56 Å². The van der Waals surface area contributed by atoms with Gasteiger partial charge in [-0.15, -0.1) is 35.3 Å². The van der Waals surface area contributed by atoms with Gasteiger partial charge in [-0.25, -0.2) is 0 Å². The van der Waals surface area contributed by atoms with Crippen molar-refractivity contribution in [2.45, 2.75) is 14.7 Å². The fourth-order valence-corrected chi connectivity index (χ4v) is 3.45. The lowest BCUT2D eigenvalue weighted by molar-refractivity contribution is 1.16. The van der Waals surface area contributed by atoms with E-state index in [9.17, 15) is 0 Å². The highest BCUT2D eigenvalue weighted by Crippen LogP contribution is 2.35. The van der Waals surface area contributed by atoms with Crippen molar-refractivity contribution in [2.75, 3.05) is 18.8 Å². The number of thioether (sulfide) groups is 3. The summed E-state index contributed by atoms with van der Waals surface area (Å²) < 4.78 is 0. The molecule has 1 aromatic carbocycles. The maximum Gasteiger partial charge on any atom is 0.0538 e. The number of rotatable bonds is 3. The van der Waals surface area contributed by atoms with E-state index < -0.39 is 0 Å². The normalized spacial score (nSPS) is 9.86. The highest BCUT2D eigenvalue weighted by molar-refractivity contribution is 8.01. The van der Waals surface area contributed by atoms with Gasteiger partial charge in [0.25, 0.3) is 0 Å². The highest BCUT2D eigenvalue weighted by atomic mass is 32.2. The Morgan fingerprint density at radius 3 is 2.00 bits per heavy atom. The van der Waals surface area contributed by atoms with E-state index >= 15 is 0 Å². The van der Waals surface area contributed by atoms with Crippen molar-refractivity contribution in [2.24, 2.45) is 0 Å². The summed E-state index contributed by atoms with van der Waals surface area (Å²) in [7, 11) is 0. The summed E-state index contributed by atoms with van der Waals surface area (Å²) in [5.74, 6) is 2.54. The minimum absolute atomic E-state index is 0.928. The van der Waals surface area contributed by atoms with Crippen molar-refractivity contribution in [3.05, 3.63) is 24.1 Å². The molecule has 0 fully saturated rings. The van der Waals surface area contributed by atoms with Gasteiger partial charge in [0.15, 0.2) is 0 Å². The molecule has 0 heterocycles. The third-order valence-corrected chi connectivity index (χ3v) is 4.37. The molecule has 1 rings (SSSR count). The van der Waals surface area contributed by atoms with Crippen molar-refractivity contribution in [3.8, 4) is 5.92 Å². The van der Waals surface area contributed by atoms with Gasteiger partial charge in [-0.05, 0) is 37.3 Å². The van der Waals surface area contributed by atoms with Gasteiger partial charge in [0.1, 0.15) is 0 Å². The van der Waals surface area contributed by atoms with E-state index in [1.165, 1.54) is 9.79 Å². The topological polar surface area (TPSA) is 0 Å². The van der Waals surface area contributed by atoms with Crippen LogP contribution in [0.25, 0.3) is 0 Å². The molecule has 0 aliphatic rings. The van der Waals surface area contributed by atoms with Gasteiger partial charge in [-0.3, -0.25) is 0 Å². The van der Waals surface area contributed by atoms with Crippen LogP contribution in [0, 0.1) is 12.3 Å². The fourth-order valence-electron chi connectivity index (χ4n) is 1.20. The van der Waals surface area contributed by atoms with Gasteiger partial charge >= 0.3 is 0 Å². The number of hydrogen-bond acceptors (Lipinski definition) is 3. The first-order chi connectivity index (χ1) is 6.78. The van der Waals surface area contributed by atoms with Crippen molar-refractivity contribution in [3.63, 3.8) is 0 Å². The van der Waals surface area contributed by atoms with Gasteiger partial charge in [-0.1, -0.05) is 5.92 Å². The van der Waals surface area contributed by atoms with Crippen molar-refractivity contribution in [1.29, 1.82) is 0 Å². The monoisotopic (exact) mass is 239 g/mol. The second kappa shape index (κ2) is 5.65. The zero-order valence-electron chi connectivity index (χ0n) is 8.38. The molecule has 0 unspecified atom stereocenters. The van der Waals surface area contributed by atoms with Crippen LogP contribution in [-0.4, -0.2) is 18.8 Å². The zero-order chi connectivity index (χ0) is 10.6. The van der Waals surface area contributed by atoms with Crippen LogP contribution in [0.2, 0.25) is 0 Å². The van der Waals surface area contributed by atoms with Gasteiger partial charge < -0.3 is 0 Å². The molecule has 0 aliphatic heterocycles. The Bertz CT molecular complexity index is 364. The van der Waals surface area contributed by atoms with E-state index in [1.807, 2.05) is 12.5 Å². The zero-order valence-corrected chi connectivity index (χ0v) is 10.8. The third kappa shape index (κ3) is 2.25. The molecular weight excluding hydrogens is 228 g/mol. The molecule has 73 valence electrons. The summed E-state index contributed by atoms with van der Waals surface area (Å²) in [5.41, 5.74) is 0.928. The minimum Gasteiger partial charge on any atom is -0.128 e. The van der Waals surface area contributed by atoms with E-state index in [-0.39, 0.29) is 0 Å². The summed E-state index contributed by atoms with van der Waals surface area (Å²) >= 11 is 5.06. The summed E-state index contributed by atoms with van der Waals surface area (Å²) in [6.07, 6.45) is 13.4. The second-order valence-electron chi connectivity index (χ2n) is 2.50. The van der Waals surface area contributed by atoms with E-state index in [0.717, 1.165) is 10.5 Å². The molecule has 0 amide bonds. The van der Waals surface area contributed by atoms with Crippen LogP contribution in [-0.2, 0) is 0 Å². The average molecular weight is 239 g/mol. The van der Waals surface area contributed by atoms with Crippen LogP contribution < -0.4 is 0 Å². The summed E-state index contributed by atoms with van der Waals surface area (Å²) in [6.45, 7) is 0. The Balaban J connectivity index is 3.38. The van der Waals surface area contributed by atoms with Crippen molar-refractivity contribution in [1.82, 2.24) is 0 Å². The fraction of sp³-hybridized carbons (Fsp3) is 0.273. The summed E-state index contributed by atoms with van der Waals surface area (Å²) in [6, 6.07) is 4.18. The Labute approximate surface area is 98.6 Å². The molecule has 0 N–H and O–H groups in total. The lowest BCUT2D eigenvalue weighted by Gasteiger charge is -2.10. The van der Waals surface area contributed by atoms with Crippen LogP contribution in [0.5, 0.6) is 0 Å². The van der Waals surface area contributed by atoms with Gasteiger partial charge in [-0.2, -0.15) is 0 Å². The average Bonchev–Trinajstić information content (AvgIpc) is 2.26. The van der Waals surface area contributed by atoms with E-state index in [1.54, 1.807) is 35.3 Å². The van der Waals surface area contributed by atoms with Crippen LogP contribution in [0.3, 0.4) is 0 Å². The molecule has 0 saturated heterocycles. The number of hydrogen-bond donors (Lipinski definition) is 0. The van der Waals surface area contributed by atoms with Gasteiger partial charge in [0, 0.05) is 14.7 Å². The molecule has 0 aromatic heterocycles. The Morgan fingerprint density at radius 2 is 1.57 bits per heavy atom. The standard InChI is InChI=1S/C11H11S3/c1-5-8-9(12-2)6-7-10(13-3)11(8)14-4/h6-7H,2-4H3. The SMILES string of the molecule is [C]#Cc1c(SC)ccc(SC)c1SC. The smallest absolute Gasteiger partial charge is 0.0538 e. The highest BCUT2D eigenvalue weighted by Gasteiger charge is 2.09. The molecule has 14 heavy (non-hydrogen) atoms. The molecule has 0 saturated carbocycles. The Kier molecular flexibility index (Phi) is 4.80. The minimum atomic E-state index is 0.928. The summed E-state index contributed by atoms with van der Waals surface area (Å²) in [4.78, 5) is 3.52. The van der Waals surface area contributed by atoms with Gasteiger partial charge in [0.2, 0.25) is 0 Å². The van der Waals surface area contributed by atoms with Crippen LogP contribution in [0.4, 0.5) is 0 Å². The van der Waals surface area contributed by atoms with Crippen LogP contribution in [0.1, 0.15) is 5.56 Å². The molecule has 0 nitrogen and oxygen atoms in total. The predicted octanol–water partition coefficient (Wildman–Crippen LogP) is 3.79. The third-order valence-electron chi connectivity index (χ3n) is 1.85. The first-order valence-electron chi connectivity index (χ1n) is 4.00. The van der Waals surface area contributed by atoms with E-state index in [2.05, 4.69) is 24.3 Å². The second-order valence-corrected chi connectivity index (χ2v) is 5.02. The maximum atomic E-state index is 7.32. The summed E-state index contributed by atoms with van der Waals surface area (Å²) in [5, 5.41) is 0. The largest absolute Gasteiger partial charge is 0.128 e. The molecule has 0 spiro atoms. The molecule has 0 atom stereocenters. The van der Waals surface area contributed by atoms with E-state index in [0.29, 0.717) is 0 Å². The Hall–Kier alpha value is -0.170. The Morgan fingerprint density at radius 1 is 1.00 bits per heavy atom. The lowest BCUT2D eigenvalue weighted by atomic mass is 10.2. The molecule has 0 bridgehead atoms. The molecule has 0 aliphatic carbocycles. The van der Waals surface area contributed by atoms with Crippen LogP contribution >= 0.6 is 35.3 Å². The first kappa shape index (κ1) is 11.9. The molecular formula is C11H11S3.